The van der Waals surface area contributed by atoms with E-state index in [9.17, 15) is 4.79 Å². The maximum atomic E-state index is 12.5. The number of ether oxygens (including phenoxy) is 3. The first kappa shape index (κ1) is 17.0. The maximum absolute atomic E-state index is 12.5. The number of rotatable bonds is 5. The molecule has 1 amide bonds. The molecule has 136 valence electrons. The molecule has 0 fully saturated rings. The molecule has 0 spiro atoms. The predicted molar refractivity (Wildman–Crippen MR) is 102 cm³/mol. The molecule has 1 aliphatic heterocycles. The quantitative estimate of drug-likeness (QED) is 0.745. The van der Waals surface area contributed by atoms with Crippen molar-refractivity contribution in [1.82, 2.24) is 5.32 Å². The minimum atomic E-state index is -0.229. The average Bonchev–Trinajstić information content (AvgIpc) is 2.73. The van der Waals surface area contributed by atoms with Gasteiger partial charge in [0, 0.05) is 5.56 Å². The smallest absolute Gasteiger partial charge is 0.251 e. The van der Waals surface area contributed by atoms with Crippen LogP contribution < -0.4 is 19.5 Å². The van der Waals surface area contributed by atoms with Crippen LogP contribution in [0.25, 0.3) is 0 Å². The molecule has 0 aliphatic carbocycles. The van der Waals surface area contributed by atoms with Crippen LogP contribution in [-0.2, 0) is 0 Å². The van der Waals surface area contributed by atoms with E-state index in [0.717, 1.165) is 11.5 Å². The fourth-order valence-electron chi connectivity index (χ4n) is 2.80. The Morgan fingerprint density at radius 3 is 2.52 bits per heavy atom. The first-order valence-corrected chi connectivity index (χ1v) is 8.77. The van der Waals surface area contributed by atoms with Gasteiger partial charge >= 0.3 is 0 Å². The summed E-state index contributed by atoms with van der Waals surface area (Å²) in [6.07, 6.45) is -0.229. The molecule has 1 aliphatic rings. The first-order chi connectivity index (χ1) is 13.3. The van der Waals surface area contributed by atoms with Crippen LogP contribution in [0.4, 0.5) is 0 Å². The molecule has 1 atom stereocenters. The molecule has 0 saturated heterocycles. The van der Waals surface area contributed by atoms with Crippen molar-refractivity contribution in [2.45, 2.75) is 6.10 Å². The van der Waals surface area contributed by atoms with Crippen LogP contribution in [0, 0.1) is 0 Å². The molecular weight excluding hydrogens is 342 g/mol. The number of benzene rings is 3. The van der Waals surface area contributed by atoms with Crippen LogP contribution in [0.5, 0.6) is 23.0 Å². The number of nitrogens with one attached hydrogen (secondary N) is 1. The van der Waals surface area contributed by atoms with Crippen molar-refractivity contribution < 1.29 is 19.0 Å². The lowest BCUT2D eigenvalue weighted by atomic mass is 10.2. The zero-order valence-corrected chi connectivity index (χ0v) is 14.6. The Morgan fingerprint density at radius 1 is 0.926 bits per heavy atom. The van der Waals surface area contributed by atoms with Crippen LogP contribution in [0.1, 0.15) is 10.4 Å². The van der Waals surface area contributed by atoms with E-state index in [1.54, 1.807) is 18.2 Å². The van der Waals surface area contributed by atoms with Gasteiger partial charge < -0.3 is 19.5 Å². The zero-order chi connectivity index (χ0) is 18.5. The van der Waals surface area contributed by atoms with Gasteiger partial charge in [-0.3, -0.25) is 4.79 Å². The second kappa shape index (κ2) is 7.83. The van der Waals surface area contributed by atoms with E-state index in [0.29, 0.717) is 30.2 Å². The standard InChI is InChI=1S/C22H19NO4/c24-22(23-14-19-15-25-20-11-4-5-12-21(20)27-19)16-7-6-10-18(13-16)26-17-8-2-1-3-9-17/h1-13,19H,14-15H2,(H,23,24). The van der Waals surface area contributed by atoms with Gasteiger partial charge in [-0.05, 0) is 42.5 Å². The molecule has 1 unspecified atom stereocenters. The van der Waals surface area contributed by atoms with Gasteiger partial charge in [0.05, 0.1) is 6.54 Å². The first-order valence-electron chi connectivity index (χ1n) is 8.77. The second-order valence-corrected chi connectivity index (χ2v) is 6.15. The number of amides is 1. The van der Waals surface area contributed by atoms with Gasteiger partial charge in [-0.15, -0.1) is 0 Å². The molecule has 1 heterocycles. The lowest BCUT2D eigenvalue weighted by Crippen LogP contribution is -2.40. The largest absolute Gasteiger partial charge is 0.486 e. The maximum Gasteiger partial charge on any atom is 0.251 e. The normalized spacial score (nSPS) is 15.0. The molecule has 4 rings (SSSR count). The Morgan fingerprint density at radius 2 is 1.67 bits per heavy atom. The Labute approximate surface area is 157 Å². The molecule has 27 heavy (non-hydrogen) atoms. The third-order valence-electron chi connectivity index (χ3n) is 4.13. The third kappa shape index (κ3) is 4.20. The average molecular weight is 361 g/mol. The van der Waals surface area contributed by atoms with E-state index in [1.165, 1.54) is 0 Å². The monoisotopic (exact) mass is 361 g/mol. The van der Waals surface area contributed by atoms with Gasteiger partial charge in [0.1, 0.15) is 24.2 Å². The predicted octanol–water partition coefficient (Wildman–Crippen LogP) is 4.05. The van der Waals surface area contributed by atoms with Crippen molar-refractivity contribution >= 4 is 5.91 Å². The van der Waals surface area contributed by atoms with Crippen molar-refractivity contribution in [2.24, 2.45) is 0 Å². The number of hydrogen-bond acceptors (Lipinski definition) is 4. The Hall–Kier alpha value is -3.47. The number of fused-ring (bicyclic) bond motifs is 1. The fourth-order valence-corrected chi connectivity index (χ4v) is 2.80. The summed E-state index contributed by atoms with van der Waals surface area (Å²) in [6.45, 7) is 0.755. The van der Waals surface area contributed by atoms with E-state index in [-0.39, 0.29) is 12.0 Å². The molecule has 3 aromatic carbocycles. The molecule has 5 nitrogen and oxygen atoms in total. The Kier molecular flexibility index (Phi) is 4.92. The van der Waals surface area contributed by atoms with Gasteiger partial charge in [-0.1, -0.05) is 36.4 Å². The summed E-state index contributed by atoms with van der Waals surface area (Å²) in [5, 5.41) is 2.89. The highest BCUT2D eigenvalue weighted by molar-refractivity contribution is 5.94. The number of carbonyl (C=O) groups excluding carboxylic acids is 1. The zero-order valence-electron chi connectivity index (χ0n) is 14.6. The highest BCUT2D eigenvalue weighted by Crippen LogP contribution is 2.30. The lowest BCUT2D eigenvalue weighted by molar-refractivity contribution is 0.0789. The van der Waals surface area contributed by atoms with Crippen molar-refractivity contribution in [3.05, 3.63) is 84.4 Å². The summed E-state index contributed by atoms with van der Waals surface area (Å²) in [6, 6.07) is 24.0. The lowest BCUT2D eigenvalue weighted by Gasteiger charge is -2.26. The Balaban J connectivity index is 1.35. The molecule has 3 aromatic rings. The summed E-state index contributed by atoms with van der Waals surface area (Å²) in [5.74, 6) is 2.57. The van der Waals surface area contributed by atoms with E-state index >= 15 is 0 Å². The molecule has 0 aromatic heterocycles. The summed E-state index contributed by atoms with van der Waals surface area (Å²) < 4.78 is 17.3. The fraction of sp³-hybridized carbons (Fsp3) is 0.136. The molecule has 5 heteroatoms. The van der Waals surface area contributed by atoms with Crippen molar-refractivity contribution in [2.75, 3.05) is 13.2 Å². The highest BCUT2D eigenvalue weighted by atomic mass is 16.6. The van der Waals surface area contributed by atoms with Gasteiger partial charge in [-0.25, -0.2) is 0 Å². The van der Waals surface area contributed by atoms with Crippen molar-refractivity contribution in [3.8, 4) is 23.0 Å². The van der Waals surface area contributed by atoms with Gasteiger partial charge in [0.2, 0.25) is 0 Å². The van der Waals surface area contributed by atoms with Crippen molar-refractivity contribution in [3.63, 3.8) is 0 Å². The molecule has 0 saturated carbocycles. The topological polar surface area (TPSA) is 56.8 Å². The van der Waals surface area contributed by atoms with Crippen LogP contribution in [0.15, 0.2) is 78.9 Å². The molecule has 0 radical (unpaired) electrons. The number of hydrogen-bond donors (Lipinski definition) is 1. The molecule has 0 bridgehead atoms. The minimum Gasteiger partial charge on any atom is -0.486 e. The van der Waals surface area contributed by atoms with Crippen LogP contribution >= 0.6 is 0 Å². The summed E-state index contributed by atoms with van der Waals surface area (Å²) >= 11 is 0. The molecular formula is C22H19NO4. The van der Waals surface area contributed by atoms with Gasteiger partial charge in [0.15, 0.2) is 11.5 Å². The minimum absolute atomic E-state index is 0.184. The van der Waals surface area contributed by atoms with Crippen molar-refractivity contribution in [1.29, 1.82) is 0 Å². The molecule has 1 N–H and O–H groups in total. The summed E-state index contributed by atoms with van der Waals surface area (Å²) in [5.41, 5.74) is 0.528. The Bertz CT molecular complexity index is 926. The van der Waals surface area contributed by atoms with Gasteiger partial charge in [-0.2, -0.15) is 0 Å². The van der Waals surface area contributed by atoms with E-state index in [1.807, 2.05) is 60.7 Å². The number of carbonyl (C=O) groups is 1. The van der Waals surface area contributed by atoms with E-state index < -0.39 is 0 Å². The summed E-state index contributed by atoms with van der Waals surface area (Å²) in [4.78, 5) is 12.5. The summed E-state index contributed by atoms with van der Waals surface area (Å²) in [7, 11) is 0. The van der Waals surface area contributed by atoms with Gasteiger partial charge in [0.25, 0.3) is 5.91 Å². The third-order valence-corrected chi connectivity index (χ3v) is 4.13. The van der Waals surface area contributed by atoms with Crippen LogP contribution in [0.2, 0.25) is 0 Å². The highest BCUT2D eigenvalue weighted by Gasteiger charge is 2.21. The second-order valence-electron chi connectivity index (χ2n) is 6.15. The van der Waals surface area contributed by atoms with Crippen LogP contribution in [-0.4, -0.2) is 25.2 Å². The SMILES string of the molecule is O=C(NCC1COc2ccccc2O1)c1cccc(Oc2ccccc2)c1. The number of para-hydroxylation sites is 3. The van der Waals surface area contributed by atoms with E-state index in [2.05, 4.69) is 5.32 Å². The van der Waals surface area contributed by atoms with E-state index in [4.69, 9.17) is 14.2 Å². The van der Waals surface area contributed by atoms with Crippen LogP contribution in [0.3, 0.4) is 0 Å².